The molecule has 2 aromatic heterocycles. The molecule has 2 rings (SSSR count). The molecule has 0 bridgehead atoms. The van der Waals surface area contributed by atoms with Crippen molar-refractivity contribution in [2.75, 3.05) is 5.32 Å². The normalized spacial score (nSPS) is 10.1. The number of hydrogen-bond acceptors (Lipinski definition) is 4. The zero-order chi connectivity index (χ0) is 9.80. The molecule has 5 heteroatoms. The van der Waals surface area contributed by atoms with E-state index in [2.05, 4.69) is 27.2 Å². The quantitative estimate of drug-likeness (QED) is 0.793. The van der Waals surface area contributed by atoms with Crippen LogP contribution in [0.5, 0.6) is 0 Å². The van der Waals surface area contributed by atoms with Crippen LogP contribution in [-0.2, 0) is 6.54 Å². The van der Waals surface area contributed by atoms with Crippen molar-refractivity contribution in [3.8, 4) is 0 Å². The molecule has 2 heterocycles. The molecule has 0 aliphatic rings. The maximum atomic E-state index is 4.18. The van der Waals surface area contributed by atoms with E-state index < -0.39 is 0 Å². The minimum Gasteiger partial charge on any atom is -0.323 e. The molecule has 0 unspecified atom stereocenters. The van der Waals surface area contributed by atoms with E-state index in [9.17, 15) is 0 Å². The third-order valence-corrected chi connectivity index (χ3v) is 1.87. The molecule has 0 aliphatic carbocycles. The lowest BCUT2D eigenvalue weighted by atomic mass is 10.5. The number of aromatic nitrogens is 4. The molecular formula is C9H11N5. The molecule has 0 saturated carbocycles. The van der Waals surface area contributed by atoms with Gasteiger partial charge in [-0.3, -0.25) is 0 Å². The van der Waals surface area contributed by atoms with Crippen molar-refractivity contribution in [2.45, 2.75) is 13.5 Å². The van der Waals surface area contributed by atoms with E-state index in [4.69, 9.17) is 0 Å². The van der Waals surface area contributed by atoms with Gasteiger partial charge in [-0.05, 0) is 6.92 Å². The maximum absolute atomic E-state index is 4.18. The molecule has 0 atom stereocenters. The van der Waals surface area contributed by atoms with Gasteiger partial charge in [0, 0.05) is 18.9 Å². The third-order valence-electron chi connectivity index (χ3n) is 1.87. The van der Waals surface area contributed by atoms with Gasteiger partial charge in [0.25, 0.3) is 0 Å². The fraction of sp³-hybridized carbons (Fsp3) is 0.222. The number of rotatable bonds is 3. The Balaban J connectivity index is 2.19. The van der Waals surface area contributed by atoms with Crippen molar-refractivity contribution in [3.63, 3.8) is 0 Å². The molecule has 0 saturated heterocycles. The first kappa shape index (κ1) is 8.68. The van der Waals surface area contributed by atoms with Crippen LogP contribution in [0.15, 0.2) is 31.1 Å². The summed E-state index contributed by atoms with van der Waals surface area (Å²) < 4.78 is 2.01. The molecular weight excluding hydrogens is 178 g/mol. The van der Waals surface area contributed by atoms with Gasteiger partial charge in [0.1, 0.15) is 6.33 Å². The molecule has 1 N–H and O–H groups in total. The first-order valence-corrected chi connectivity index (χ1v) is 4.43. The number of imidazole rings is 1. The average Bonchev–Trinajstić information content (AvgIpc) is 2.67. The highest BCUT2D eigenvalue weighted by atomic mass is 15.2. The van der Waals surface area contributed by atoms with Gasteiger partial charge in [-0.1, -0.05) is 0 Å². The highest BCUT2D eigenvalue weighted by molar-refractivity contribution is 5.50. The summed E-state index contributed by atoms with van der Waals surface area (Å²) in [5.74, 6) is 0.808. The average molecular weight is 189 g/mol. The second-order valence-electron chi connectivity index (χ2n) is 2.79. The van der Waals surface area contributed by atoms with Crippen molar-refractivity contribution >= 4 is 11.6 Å². The smallest absolute Gasteiger partial charge is 0.207 e. The Labute approximate surface area is 81.8 Å². The van der Waals surface area contributed by atoms with Crippen LogP contribution in [0.4, 0.5) is 11.6 Å². The van der Waals surface area contributed by atoms with Gasteiger partial charge >= 0.3 is 0 Å². The summed E-state index contributed by atoms with van der Waals surface area (Å²) in [5.41, 5.74) is 0.841. The zero-order valence-electron chi connectivity index (χ0n) is 7.88. The highest BCUT2D eigenvalue weighted by Gasteiger charge is 2.00. The fourth-order valence-corrected chi connectivity index (χ4v) is 1.18. The Hall–Kier alpha value is -1.91. The predicted molar refractivity (Wildman–Crippen MR) is 53.2 cm³/mol. The van der Waals surface area contributed by atoms with Crippen LogP contribution in [0.3, 0.4) is 0 Å². The van der Waals surface area contributed by atoms with Crippen molar-refractivity contribution in [3.05, 3.63) is 31.1 Å². The van der Waals surface area contributed by atoms with E-state index in [1.165, 1.54) is 6.33 Å². The topological polar surface area (TPSA) is 55.6 Å². The van der Waals surface area contributed by atoms with Gasteiger partial charge in [-0.2, -0.15) is 0 Å². The molecule has 0 aliphatic heterocycles. The van der Waals surface area contributed by atoms with Crippen LogP contribution >= 0.6 is 0 Å². The Kier molecular flexibility index (Phi) is 2.40. The fourth-order valence-electron chi connectivity index (χ4n) is 1.18. The highest BCUT2D eigenvalue weighted by Crippen LogP contribution is 2.11. The number of aryl methyl sites for hydroxylation is 1. The zero-order valence-corrected chi connectivity index (χ0v) is 7.88. The summed E-state index contributed by atoms with van der Waals surface area (Å²) in [6, 6.07) is 0. The number of nitrogens with one attached hydrogen (secondary N) is 1. The molecule has 2 aromatic rings. The lowest BCUT2D eigenvalue weighted by Crippen LogP contribution is -2.01. The monoisotopic (exact) mass is 189 g/mol. The van der Waals surface area contributed by atoms with E-state index in [0.717, 1.165) is 18.2 Å². The Morgan fingerprint density at radius 1 is 1.36 bits per heavy atom. The van der Waals surface area contributed by atoms with E-state index in [1.807, 2.05) is 10.8 Å². The number of nitrogens with zero attached hydrogens (tertiary/aromatic N) is 4. The lowest BCUT2D eigenvalue weighted by Gasteiger charge is -2.06. The molecule has 14 heavy (non-hydrogen) atoms. The maximum Gasteiger partial charge on any atom is 0.207 e. The largest absolute Gasteiger partial charge is 0.323 e. The number of hydrogen-bond donors (Lipinski definition) is 1. The summed E-state index contributed by atoms with van der Waals surface area (Å²) in [7, 11) is 0. The van der Waals surface area contributed by atoms with Crippen molar-refractivity contribution in [2.24, 2.45) is 0 Å². The van der Waals surface area contributed by atoms with Gasteiger partial charge in [0.15, 0.2) is 0 Å². The van der Waals surface area contributed by atoms with Gasteiger partial charge in [0.2, 0.25) is 5.95 Å². The summed E-state index contributed by atoms with van der Waals surface area (Å²) in [6.45, 7) is 2.95. The van der Waals surface area contributed by atoms with Crippen molar-refractivity contribution < 1.29 is 0 Å². The van der Waals surface area contributed by atoms with Crippen LogP contribution in [0.1, 0.15) is 6.92 Å². The minimum atomic E-state index is 0.808. The van der Waals surface area contributed by atoms with Crippen LogP contribution in [0, 0.1) is 0 Å². The molecule has 0 aromatic carbocycles. The standard InChI is InChI=1S/C9H11N5/c1-2-14-4-3-12-9(14)13-8-5-10-7-11-6-8/h3-7H,2H2,1H3,(H,12,13). The SMILES string of the molecule is CCn1ccnc1Nc1cncnc1. The van der Waals surface area contributed by atoms with Crippen molar-refractivity contribution in [1.29, 1.82) is 0 Å². The summed E-state index contributed by atoms with van der Waals surface area (Å²) in [5, 5.41) is 3.13. The molecule has 0 radical (unpaired) electrons. The lowest BCUT2D eigenvalue weighted by molar-refractivity contribution is 0.771. The van der Waals surface area contributed by atoms with Crippen LogP contribution in [0.2, 0.25) is 0 Å². The third kappa shape index (κ3) is 1.71. The summed E-state index contributed by atoms with van der Waals surface area (Å²) >= 11 is 0. The Bertz CT molecular complexity index is 395. The minimum absolute atomic E-state index is 0.808. The van der Waals surface area contributed by atoms with Crippen LogP contribution in [0.25, 0.3) is 0 Å². The first-order chi connectivity index (χ1) is 6.90. The molecule has 72 valence electrons. The molecule has 5 nitrogen and oxygen atoms in total. The van der Waals surface area contributed by atoms with Crippen molar-refractivity contribution in [1.82, 2.24) is 19.5 Å². The van der Waals surface area contributed by atoms with Gasteiger partial charge in [-0.15, -0.1) is 0 Å². The molecule has 0 amide bonds. The van der Waals surface area contributed by atoms with Gasteiger partial charge < -0.3 is 9.88 Å². The molecule has 0 fully saturated rings. The Morgan fingerprint density at radius 3 is 2.86 bits per heavy atom. The summed E-state index contributed by atoms with van der Waals surface area (Å²) in [6.07, 6.45) is 8.60. The molecule has 0 spiro atoms. The van der Waals surface area contributed by atoms with Gasteiger partial charge in [0.05, 0.1) is 18.1 Å². The van der Waals surface area contributed by atoms with E-state index in [1.54, 1.807) is 18.6 Å². The van der Waals surface area contributed by atoms with E-state index >= 15 is 0 Å². The number of anilines is 2. The summed E-state index contributed by atoms with van der Waals surface area (Å²) in [4.78, 5) is 12.0. The van der Waals surface area contributed by atoms with Gasteiger partial charge in [-0.25, -0.2) is 15.0 Å². The van der Waals surface area contributed by atoms with Crippen LogP contribution < -0.4 is 5.32 Å². The Morgan fingerprint density at radius 2 is 2.14 bits per heavy atom. The van der Waals surface area contributed by atoms with E-state index in [0.29, 0.717) is 0 Å². The second-order valence-corrected chi connectivity index (χ2v) is 2.79. The predicted octanol–water partition coefficient (Wildman–Crippen LogP) is 1.44. The van der Waals surface area contributed by atoms with Crippen LogP contribution in [-0.4, -0.2) is 19.5 Å². The van der Waals surface area contributed by atoms with E-state index in [-0.39, 0.29) is 0 Å². The first-order valence-electron chi connectivity index (χ1n) is 4.43. The second kappa shape index (κ2) is 3.87.